The van der Waals surface area contributed by atoms with Gasteiger partial charge in [0.05, 0.1) is 18.8 Å². The largest absolute Gasteiger partial charge is 0.453 e. The topological polar surface area (TPSA) is 97.3 Å². The quantitative estimate of drug-likeness (QED) is 0.408. The second-order valence-corrected chi connectivity index (χ2v) is 13.4. The molecule has 3 fully saturated rings. The number of esters is 1. The Balaban J connectivity index is 1.32. The van der Waals surface area contributed by atoms with Crippen molar-refractivity contribution in [2.24, 2.45) is 10.8 Å². The molecule has 222 valence electrons. The van der Waals surface area contributed by atoms with Gasteiger partial charge in [-0.3, -0.25) is 14.5 Å². The third-order valence-corrected chi connectivity index (χ3v) is 8.74. The number of aliphatic hydroxyl groups is 1. The first-order valence-electron chi connectivity index (χ1n) is 14.7. The number of hydrogen-bond acceptors (Lipinski definition) is 7. The molecule has 0 radical (unpaired) electrons. The Bertz CT molecular complexity index is 1230. The number of carbonyl (C=O) groups is 2. The number of ether oxygens (including phenoxy) is 3. The van der Waals surface area contributed by atoms with Crippen molar-refractivity contribution in [2.75, 3.05) is 18.4 Å². The van der Waals surface area contributed by atoms with Gasteiger partial charge in [-0.05, 0) is 60.3 Å². The Morgan fingerprint density at radius 3 is 2.39 bits per heavy atom. The zero-order chi connectivity index (χ0) is 29.4. The average Bonchev–Trinajstić information content (AvgIpc) is 3.15. The predicted molar refractivity (Wildman–Crippen MR) is 156 cm³/mol. The molecule has 1 saturated carbocycles. The fourth-order valence-electron chi connectivity index (χ4n) is 7.35. The van der Waals surface area contributed by atoms with Gasteiger partial charge in [0.25, 0.3) is 5.91 Å². The second kappa shape index (κ2) is 11.8. The highest BCUT2D eigenvalue weighted by Crippen LogP contribution is 2.53. The van der Waals surface area contributed by atoms with Crippen molar-refractivity contribution in [3.8, 4) is 0 Å². The van der Waals surface area contributed by atoms with E-state index < -0.39 is 24.3 Å². The van der Waals surface area contributed by atoms with Crippen molar-refractivity contribution in [1.82, 2.24) is 4.90 Å². The van der Waals surface area contributed by atoms with Crippen LogP contribution in [0.3, 0.4) is 0 Å². The third kappa shape index (κ3) is 7.17. The van der Waals surface area contributed by atoms with Gasteiger partial charge in [-0.1, -0.05) is 57.2 Å². The van der Waals surface area contributed by atoms with Crippen molar-refractivity contribution in [1.29, 1.82) is 0 Å². The molecule has 1 aliphatic carbocycles. The molecule has 0 aromatic heterocycles. The minimum atomic E-state index is -0.881. The maximum absolute atomic E-state index is 12.4. The fraction of sp³-hybridized carbons (Fsp3) is 0.576. The maximum atomic E-state index is 12.4. The normalized spacial score (nSPS) is 30.0. The zero-order valence-electron chi connectivity index (χ0n) is 24.9. The number of nitrogens with zero attached hydrogens (tertiary/aromatic N) is 1. The number of carbonyl (C=O) groups excluding carboxylic acids is 2. The Morgan fingerprint density at radius 1 is 1.05 bits per heavy atom. The highest BCUT2D eigenvalue weighted by Gasteiger charge is 2.50. The van der Waals surface area contributed by atoms with E-state index in [9.17, 15) is 14.7 Å². The molecule has 8 nitrogen and oxygen atoms in total. The fourth-order valence-corrected chi connectivity index (χ4v) is 7.35. The lowest BCUT2D eigenvalue weighted by atomic mass is 9.65. The summed E-state index contributed by atoms with van der Waals surface area (Å²) in [5.41, 5.74) is 4.11. The van der Waals surface area contributed by atoms with Gasteiger partial charge < -0.3 is 24.6 Å². The Kier molecular flexibility index (Phi) is 8.58. The summed E-state index contributed by atoms with van der Waals surface area (Å²) < 4.78 is 18.1. The molecule has 2 aliphatic heterocycles. The van der Waals surface area contributed by atoms with Gasteiger partial charge in [-0.2, -0.15) is 0 Å². The first kappa shape index (κ1) is 29.7. The average molecular weight is 565 g/mol. The molecule has 8 heteroatoms. The van der Waals surface area contributed by atoms with Crippen LogP contribution in [0.15, 0.2) is 48.5 Å². The van der Waals surface area contributed by atoms with E-state index in [-0.39, 0.29) is 18.8 Å². The first-order valence-corrected chi connectivity index (χ1v) is 14.7. The van der Waals surface area contributed by atoms with Crippen molar-refractivity contribution in [3.63, 3.8) is 0 Å². The van der Waals surface area contributed by atoms with E-state index in [1.54, 1.807) is 0 Å². The van der Waals surface area contributed by atoms with Crippen molar-refractivity contribution in [3.05, 3.63) is 65.2 Å². The number of nitrogens with one attached hydrogen (secondary N) is 1. The summed E-state index contributed by atoms with van der Waals surface area (Å²) in [5, 5.41) is 12.3. The van der Waals surface area contributed by atoms with Gasteiger partial charge in [0.15, 0.2) is 12.4 Å². The van der Waals surface area contributed by atoms with E-state index in [1.165, 1.54) is 33.1 Å². The van der Waals surface area contributed by atoms with Crippen LogP contribution in [0.5, 0.6) is 0 Å². The second-order valence-electron chi connectivity index (χ2n) is 13.4. The van der Waals surface area contributed by atoms with Crippen molar-refractivity contribution in [2.45, 2.75) is 97.6 Å². The predicted octanol–water partition coefficient (Wildman–Crippen LogP) is 5.52. The van der Waals surface area contributed by atoms with E-state index in [0.717, 1.165) is 36.2 Å². The molecule has 0 spiro atoms. The summed E-state index contributed by atoms with van der Waals surface area (Å²) in [6, 6.07) is 15.9. The minimum Gasteiger partial charge on any atom is -0.453 e. The molecule has 2 heterocycles. The standard InChI is InChI=1S/C33H44N2O6/c1-21(39-22(2)37)30(38)34-26-12-10-25(11-13-26)31-40-28(14-29(41-31)24-8-6-23(18-36)7-9-24)17-35-20-33(5)16-27(35)15-32(3,4)19-33/h6-13,21,27-29,31,36H,14-20H2,1-5H3,(H,34,38)/t21-,27?,28-,29+,31+,33?/m0/s1. The van der Waals surface area contributed by atoms with Crippen molar-refractivity contribution >= 4 is 17.6 Å². The van der Waals surface area contributed by atoms with Crippen molar-refractivity contribution < 1.29 is 28.9 Å². The smallest absolute Gasteiger partial charge is 0.303 e. The van der Waals surface area contributed by atoms with Crippen LogP contribution in [0.2, 0.25) is 0 Å². The summed E-state index contributed by atoms with van der Waals surface area (Å²) in [5.74, 6) is -0.892. The molecule has 41 heavy (non-hydrogen) atoms. The van der Waals surface area contributed by atoms with Gasteiger partial charge in [0, 0.05) is 43.7 Å². The molecule has 1 amide bonds. The third-order valence-electron chi connectivity index (χ3n) is 8.74. The molecule has 3 aliphatic rings. The number of benzene rings is 2. The van der Waals surface area contributed by atoms with Crippen LogP contribution in [-0.2, 0) is 30.4 Å². The zero-order valence-corrected chi connectivity index (χ0v) is 24.9. The molecule has 2 aromatic carbocycles. The van der Waals surface area contributed by atoms with Crippen LogP contribution in [0, 0.1) is 10.8 Å². The first-order chi connectivity index (χ1) is 19.4. The number of likely N-dealkylation sites (tertiary alicyclic amines) is 1. The molecule has 5 rings (SSSR count). The SMILES string of the molecule is CC(=O)O[C@@H](C)C(=O)Nc1ccc([C@@H]2O[C@H](CN3CC4(C)CC3CC(C)(C)C4)C[C@H](c3ccc(CO)cc3)O2)cc1. The van der Waals surface area contributed by atoms with Crippen LogP contribution >= 0.6 is 0 Å². The molecular formula is C33H44N2O6. The molecule has 2 N–H and O–H groups in total. The van der Waals surface area contributed by atoms with Gasteiger partial charge in [-0.15, -0.1) is 0 Å². The van der Waals surface area contributed by atoms with Crippen LogP contribution in [0.1, 0.15) is 89.4 Å². The van der Waals surface area contributed by atoms with Gasteiger partial charge in [0.1, 0.15) is 0 Å². The molecule has 2 unspecified atom stereocenters. The lowest BCUT2D eigenvalue weighted by molar-refractivity contribution is -0.253. The Hall–Kier alpha value is -2.78. The number of rotatable bonds is 8. The van der Waals surface area contributed by atoms with Gasteiger partial charge in [-0.25, -0.2) is 0 Å². The van der Waals surface area contributed by atoms with Gasteiger partial charge >= 0.3 is 5.97 Å². The van der Waals surface area contributed by atoms with E-state index in [4.69, 9.17) is 14.2 Å². The van der Waals surface area contributed by atoms with E-state index in [1.807, 2.05) is 48.5 Å². The summed E-state index contributed by atoms with van der Waals surface area (Å²) in [6.07, 6.45) is 2.87. The summed E-state index contributed by atoms with van der Waals surface area (Å²) in [4.78, 5) is 26.2. The Morgan fingerprint density at radius 2 is 1.73 bits per heavy atom. The minimum absolute atomic E-state index is 0.00807. The molecule has 2 aromatic rings. The molecule has 2 bridgehead atoms. The lowest BCUT2D eigenvalue weighted by Crippen LogP contribution is -2.42. The van der Waals surface area contributed by atoms with Crippen LogP contribution in [0.25, 0.3) is 0 Å². The number of fused-ring (bicyclic) bond motifs is 2. The number of amides is 1. The molecule has 2 saturated heterocycles. The van der Waals surface area contributed by atoms with Crippen LogP contribution in [0.4, 0.5) is 5.69 Å². The van der Waals surface area contributed by atoms with Crippen LogP contribution in [-0.4, -0.2) is 53.2 Å². The highest BCUT2D eigenvalue weighted by atomic mass is 16.7. The van der Waals surface area contributed by atoms with E-state index in [0.29, 0.717) is 22.6 Å². The molecule has 6 atom stereocenters. The number of anilines is 1. The lowest BCUT2D eigenvalue weighted by Gasteiger charge is -2.41. The van der Waals surface area contributed by atoms with E-state index >= 15 is 0 Å². The van der Waals surface area contributed by atoms with Crippen LogP contribution < -0.4 is 5.32 Å². The molecular weight excluding hydrogens is 520 g/mol. The number of aliphatic hydroxyl groups excluding tert-OH is 1. The highest BCUT2D eigenvalue weighted by molar-refractivity contribution is 5.94. The Labute approximate surface area is 243 Å². The number of hydrogen-bond donors (Lipinski definition) is 2. The monoisotopic (exact) mass is 564 g/mol. The maximum Gasteiger partial charge on any atom is 0.303 e. The summed E-state index contributed by atoms with van der Waals surface area (Å²) >= 11 is 0. The van der Waals surface area contributed by atoms with Gasteiger partial charge in [0.2, 0.25) is 0 Å². The summed E-state index contributed by atoms with van der Waals surface area (Å²) in [6.45, 7) is 12.0. The summed E-state index contributed by atoms with van der Waals surface area (Å²) in [7, 11) is 0. The van der Waals surface area contributed by atoms with E-state index in [2.05, 4.69) is 31.0 Å².